The normalized spacial score (nSPS) is 36.6. The first-order valence-corrected chi connectivity index (χ1v) is 9.09. The van der Waals surface area contributed by atoms with Crippen molar-refractivity contribution in [3.8, 4) is 0 Å². The van der Waals surface area contributed by atoms with E-state index in [9.17, 15) is 9.90 Å². The number of hydrogen-bond donors (Lipinski definition) is 2. The number of aldehydes is 1. The van der Waals surface area contributed by atoms with Gasteiger partial charge in [0.1, 0.15) is 12.1 Å². The molecular weight excluding hydrogens is 328 g/mol. The van der Waals surface area contributed by atoms with E-state index >= 15 is 0 Å². The lowest BCUT2D eigenvalue weighted by Crippen LogP contribution is -2.77. The Labute approximate surface area is 153 Å². The molecule has 4 heterocycles. The van der Waals surface area contributed by atoms with Crippen LogP contribution in [0.25, 0.3) is 0 Å². The average Bonchev–Trinajstić information content (AvgIpc) is 2.68. The summed E-state index contributed by atoms with van der Waals surface area (Å²) in [5, 5.41) is 14.9. The van der Waals surface area contributed by atoms with Gasteiger partial charge < -0.3 is 20.1 Å². The number of pyridine rings is 2. The summed E-state index contributed by atoms with van der Waals surface area (Å²) in [5.74, 6) is 0.505. The fourth-order valence-electron chi connectivity index (χ4n) is 4.86. The molecule has 2 N–H and O–H groups in total. The van der Waals surface area contributed by atoms with Crippen molar-refractivity contribution in [2.24, 2.45) is 5.92 Å². The number of nitrogens with one attached hydrogen (secondary N) is 1. The second-order valence-electron chi connectivity index (χ2n) is 7.34. The van der Waals surface area contributed by atoms with Crippen LogP contribution in [0.5, 0.6) is 0 Å². The van der Waals surface area contributed by atoms with Crippen LogP contribution in [0.15, 0.2) is 48.8 Å². The zero-order valence-electron chi connectivity index (χ0n) is 15.0. The lowest BCUT2D eigenvalue weighted by molar-refractivity contribution is -0.118. The summed E-state index contributed by atoms with van der Waals surface area (Å²) in [5.41, 5.74) is 0.227. The molecule has 2 aromatic rings. The smallest absolute Gasteiger partial charge is 0.142 e. The highest BCUT2D eigenvalue weighted by Gasteiger charge is 2.61. The number of aromatic nitrogens is 2. The van der Waals surface area contributed by atoms with E-state index in [-0.39, 0.29) is 18.0 Å². The van der Waals surface area contributed by atoms with E-state index in [0.29, 0.717) is 6.54 Å². The van der Waals surface area contributed by atoms with E-state index in [1.54, 1.807) is 12.4 Å². The number of anilines is 1. The van der Waals surface area contributed by atoms with Crippen LogP contribution in [-0.2, 0) is 10.2 Å². The van der Waals surface area contributed by atoms with Crippen LogP contribution < -0.4 is 10.2 Å². The largest absolute Gasteiger partial charge is 0.392 e. The van der Waals surface area contributed by atoms with Gasteiger partial charge in [0.2, 0.25) is 0 Å². The van der Waals surface area contributed by atoms with E-state index in [4.69, 9.17) is 0 Å². The van der Waals surface area contributed by atoms with Crippen LogP contribution in [0.1, 0.15) is 19.5 Å². The molecule has 2 bridgehead atoms. The van der Waals surface area contributed by atoms with E-state index in [1.165, 1.54) is 0 Å². The summed E-state index contributed by atoms with van der Waals surface area (Å²) < 4.78 is 0. The SMILES string of the molecule is CC1NCC2(c3ccccn3)C(O)C1C(C=O)N(c1ccccn1)C2C. The van der Waals surface area contributed by atoms with Crippen LogP contribution in [-0.4, -0.2) is 52.1 Å². The Kier molecular flexibility index (Phi) is 4.25. The first-order valence-electron chi connectivity index (χ1n) is 9.09. The molecule has 4 rings (SSSR count). The monoisotopic (exact) mass is 352 g/mol. The molecule has 0 spiro atoms. The average molecular weight is 352 g/mol. The molecule has 0 aliphatic carbocycles. The van der Waals surface area contributed by atoms with Crippen LogP contribution in [0, 0.1) is 5.92 Å². The van der Waals surface area contributed by atoms with Crippen molar-refractivity contribution >= 4 is 12.1 Å². The number of piperidine rings is 2. The lowest BCUT2D eigenvalue weighted by Gasteiger charge is -2.61. The third-order valence-corrected chi connectivity index (χ3v) is 6.26. The minimum absolute atomic E-state index is 0.00995. The summed E-state index contributed by atoms with van der Waals surface area (Å²) in [4.78, 5) is 23.2. The highest BCUT2D eigenvalue weighted by atomic mass is 16.3. The van der Waals surface area contributed by atoms with Crippen molar-refractivity contribution in [2.75, 3.05) is 11.4 Å². The van der Waals surface area contributed by atoms with Gasteiger partial charge in [0, 0.05) is 36.9 Å². The fraction of sp³-hybridized carbons (Fsp3) is 0.450. The van der Waals surface area contributed by atoms with Crippen LogP contribution in [0.3, 0.4) is 0 Å². The molecule has 2 aliphatic heterocycles. The standard InChI is InChI=1S/C20H24N4O2/c1-13-18-15(11-25)24(17-8-4-6-10-22-17)14(2)20(12-23-13,19(18)26)16-7-3-5-9-21-16/h3-11,13-15,18-19,23,26H,12H2,1-2H3. The Morgan fingerprint density at radius 3 is 2.54 bits per heavy atom. The van der Waals surface area contributed by atoms with Gasteiger partial charge in [0.25, 0.3) is 0 Å². The molecule has 6 unspecified atom stereocenters. The van der Waals surface area contributed by atoms with Crippen molar-refractivity contribution in [1.82, 2.24) is 15.3 Å². The van der Waals surface area contributed by atoms with Crippen molar-refractivity contribution in [1.29, 1.82) is 0 Å². The Balaban J connectivity index is 1.91. The summed E-state index contributed by atoms with van der Waals surface area (Å²) in [6.07, 6.45) is 3.77. The predicted octanol–water partition coefficient (Wildman–Crippen LogP) is 1.16. The quantitative estimate of drug-likeness (QED) is 0.807. The Hall–Kier alpha value is -2.31. The number of fused-ring (bicyclic) bond motifs is 2. The molecule has 2 aliphatic rings. The van der Waals surface area contributed by atoms with Gasteiger partial charge in [-0.15, -0.1) is 0 Å². The molecular formula is C20H24N4O2. The number of nitrogens with zero attached hydrogens (tertiary/aromatic N) is 3. The number of aliphatic hydroxyl groups is 1. The zero-order chi connectivity index (χ0) is 18.3. The number of carbonyl (C=O) groups is 1. The molecule has 0 radical (unpaired) electrons. The predicted molar refractivity (Wildman–Crippen MR) is 98.9 cm³/mol. The first-order chi connectivity index (χ1) is 12.6. The number of hydrogen-bond acceptors (Lipinski definition) is 6. The molecule has 0 amide bonds. The third-order valence-electron chi connectivity index (χ3n) is 6.26. The molecule has 6 heteroatoms. The Bertz CT molecular complexity index is 772. The minimum atomic E-state index is -0.668. The highest BCUT2D eigenvalue weighted by molar-refractivity contribution is 5.68. The topological polar surface area (TPSA) is 78.4 Å². The molecule has 2 fully saturated rings. The van der Waals surface area contributed by atoms with E-state index in [0.717, 1.165) is 17.8 Å². The Morgan fingerprint density at radius 1 is 1.19 bits per heavy atom. The summed E-state index contributed by atoms with van der Waals surface area (Å²) in [6, 6.07) is 10.9. The van der Waals surface area contributed by atoms with Gasteiger partial charge in [0.15, 0.2) is 0 Å². The van der Waals surface area contributed by atoms with Gasteiger partial charge in [0.05, 0.1) is 23.3 Å². The van der Waals surface area contributed by atoms with E-state index in [1.807, 2.05) is 43.3 Å². The molecule has 2 saturated heterocycles. The number of carbonyl (C=O) groups excluding carboxylic acids is 1. The Morgan fingerprint density at radius 2 is 1.92 bits per heavy atom. The van der Waals surface area contributed by atoms with Gasteiger partial charge in [-0.1, -0.05) is 12.1 Å². The third kappa shape index (κ3) is 2.29. The van der Waals surface area contributed by atoms with Crippen molar-refractivity contribution in [3.05, 3.63) is 54.5 Å². The fourth-order valence-corrected chi connectivity index (χ4v) is 4.86. The maximum Gasteiger partial charge on any atom is 0.142 e. The highest BCUT2D eigenvalue weighted by Crippen LogP contribution is 2.47. The van der Waals surface area contributed by atoms with Crippen molar-refractivity contribution in [3.63, 3.8) is 0 Å². The second-order valence-corrected chi connectivity index (χ2v) is 7.34. The van der Waals surface area contributed by atoms with E-state index in [2.05, 4.69) is 27.1 Å². The maximum atomic E-state index is 12.1. The van der Waals surface area contributed by atoms with Crippen molar-refractivity contribution in [2.45, 2.75) is 43.5 Å². The van der Waals surface area contributed by atoms with Gasteiger partial charge in [-0.3, -0.25) is 4.98 Å². The molecule has 26 heavy (non-hydrogen) atoms. The number of aliphatic hydroxyl groups excluding tert-OH is 1. The zero-order valence-corrected chi connectivity index (χ0v) is 15.0. The molecule has 0 saturated carbocycles. The van der Waals surface area contributed by atoms with Crippen LogP contribution in [0.2, 0.25) is 0 Å². The second kappa shape index (κ2) is 6.45. The number of rotatable bonds is 3. The summed E-state index contributed by atoms with van der Waals surface area (Å²) >= 11 is 0. The minimum Gasteiger partial charge on any atom is -0.392 e. The van der Waals surface area contributed by atoms with Crippen LogP contribution >= 0.6 is 0 Å². The van der Waals surface area contributed by atoms with Gasteiger partial charge in [-0.25, -0.2) is 4.98 Å². The molecule has 136 valence electrons. The molecule has 2 aromatic heterocycles. The lowest BCUT2D eigenvalue weighted by atomic mass is 9.59. The molecule has 6 atom stereocenters. The van der Waals surface area contributed by atoms with Crippen molar-refractivity contribution < 1.29 is 9.90 Å². The maximum absolute atomic E-state index is 12.1. The summed E-state index contributed by atoms with van der Waals surface area (Å²) in [6.45, 7) is 4.68. The van der Waals surface area contributed by atoms with Gasteiger partial charge in [-0.2, -0.15) is 0 Å². The summed E-state index contributed by atoms with van der Waals surface area (Å²) in [7, 11) is 0. The van der Waals surface area contributed by atoms with Gasteiger partial charge >= 0.3 is 0 Å². The van der Waals surface area contributed by atoms with Gasteiger partial charge in [-0.05, 0) is 38.1 Å². The van der Waals surface area contributed by atoms with Crippen LogP contribution in [0.4, 0.5) is 5.82 Å². The molecule has 0 aromatic carbocycles. The van der Waals surface area contributed by atoms with E-state index < -0.39 is 17.6 Å². The molecule has 6 nitrogen and oxygen atoms in total. The first kappa shape index (κ1) is 17.1.